The van der Waals surface area contributed by atoms with Crippen LogP contribution in [0.5, 0.6) is 0 Å². The Bertz CT molecular complexity index is 727. The summed E-state index contributed by atoms with van der Waals surface area (Å²) < 4.78 is 10.6. The summed E-state index contributed by atoms with van der Waals surface area (Å²) in [6.45, 7) is 5.68. The molecule has 0 aromatic heterocycles. The van der Waals surface area contributed by atoms with Gasteiger partial charge in [-0.05, 0) is 38.5 Å². The maximum atomic E-state index is 12.5. The van der Waals surface area contributed by atoms with Gasteiger partial charge in [-0.15, -0.1) is 0 Å². The Morgan fingerprint density at radius 3 is 2.50 bits per heavy atom. The molecule has 9 heteroatoms. The van der Waals surface area contributed by atoms with E-state index in [-0.39, 0.29) is 30.6 Å². The molecule has 0 saturated carbocycles. The second-order valence-corrected chi connectivity index (χ2v) is 5.97. The molecule has 2 amide bonds. The molecule has 26 heavy (non-hydrogen) atoms. The number of hydrogen-bond donors (Lipinski definition) is 2. The molecule has 9 nitrogen and oxygen atoms in total. The minimum Gasteiger partial charge on any atom is -0.460 e. The molecule has 1 atom stereocenters. The van der Waals surface area contributed by atoms with Crippen molar-refractivity contribution >= 4 is 17.7 Å². The molecule has 0 bridgehead atoms. The molecule has 0 fully saturated rings. The number of nitrogens with zero attached hydrogens (tertiary/aromatic N) is 1. The smallest absolute Gasteiger partial charge is 0.338 e. The first kappa shape index (κ1) is 19.4. The van der Waals surface area contributed by atoms with Crippen LogP contribution < -0.4 is 10.6 Å². The third-order valence-corrected chi connectivity index (χ3v) is 3.69. The van der Waals surface area contributed by atoms with Crippen LogP contribution in [0.25, 0.3) is 0 Å². The highest BCUT2D eigenvalue weighted by Crippen LogP contribution is 2.28. The zero-order valence-corrected chi connectivity index (χ0v) is 14.8. The molecule has 1 aliphatic rings. The van der Waals surface area contributed by atoms with E-state index in [1.165, 1.54) is 24.3 Å². The Morgan fingerprint density at radius 2 is 1.92 bits per heavy atom. The second kappa shape index (κ2) is 8.43. The van der Waals surface area contributed by atoms with Crippen LogP contribution in [0.2, 0.25) is 0 Å². The molecule has 0 radical (unpaired) electrons. The number of amides is 2. The van der Waals surface area contributed by atoms with E-state index >= 15 is 0 Å². The normalized spacial score (nSPS) is 16.9. The Kier molecular flexibility index (Phi) is 6.29. The van der Waals surface area contributed by atoms with Crippen molar-refractivity contribution < 1.29 is 24.0 Å². The summed E-state index contributed by atoms with van der Waals surface area (Å²) in [7, 11) is 0. The number of rotatable bonds is 7. The lowest BCUT2D eigenvalue weighted by Gasteiger charge is -2.28. The number of nitro benzene ring substituents is 1. The van der Waals surface area contributed by atoms with Crippen molar-refractivity contribution in [2.75, 3.05) is 13.2 Å². The van der Waals surface area contributed by atoms with Crippen LogP contribution in [0.4, 0.5) is 10.5 Å². The van der Waals surface area contributed by atoms with Gasteiger partial charge in [0.25, 0.3) is 5.69 Å². The molecule has 1 aromatic rings. The molecule has 0 spiro atoms. The van der Waals surface area contributed by atoms with Crippen LogP contribution in [-0.2, 0) is 14.3 Å². The van der Waals surface area contributed by atoms with E-state index in [1.807, 2.05) is 13.8 Å². The SMILES string of the molecule is CC1=C(C(=O)OCCOC(C)C)[C@@H](c2ccc([N+](=O)[O-])cc2)NC(=O)N1. The van der Waals surface area contributed by atoms with Gasteiger partial charge in [0.15, 0.2) is 0 Å². The third kappa shape index (κ3) is 4.79. The predicted molar refractivity (Wildman–Crippen MR) is 92.3 cm³/mol. The lowest BCUT2D eigenvalue weighted by molar-refractivity contribution is -0.384. The number of benzene rings is 1. The summed E-state index contributed by atoms with van der Waals surface area (Å²) in [5.41, 5.74) is 1.06. The van der Waals surface area contributed by atoms with Gasteiger partial charge in [-0.25, -0.2) is 9.59 Å². The Morgan fingerprint density at radius 1 is 1.27 bits per heavy atom. The molecular weight excluding hydrogens is 342 g/mol. The quantitative estimate of drug-likeness (QED) is 0.332. The maximum absolute atomic E-state index is 12.5. The van der Waals surface area contributed by atoms with E-state index in [2.05, 4.69) is 10.6 Å². The van der Waals surface area contributed by atoms with E-state index in [0.717, 1.165) is 0 Å². The molecule has 0 unspecified atom stereocenters. The highest BCUT2D eigenvalue weighted by atomic mass is 16.6. The van der Waals surface area contributed by atoms with Gasteiger partial charge in [-0.1, -0.05) is 0 Å². The minimum atomic E-state index is -0.761. The van der Waals surface area contributed by atoms with Crippen molar-refractivity contribution in [3.63, 3.8) is 0 Å². The van der Waals surface area contributed by atoms with E-state index in [1.54, 1.807) is 6.92 Å². The summed E-state index contributed by atoms with van der Waals surface area (Å²) in [5, 5.41) is 16.0. The van der Waals surface area contributed by atoms with Crippen LogP contribution in [0, 0.1) is 10.1 Å². The predicted octanol–water partition coefficient (Wildman–Crippen LogP) is 2.19. The summed E-state index contributed by atoms with van der Waals surface area (Å²) >= 11 is 0. The summed E-state index contributed by atoms with van der Waals surface area (Å²) in [6, 6.07) is 4.40. The lowest BCUT2D eigenvalue weighted by atomic mass is 9.95. The van der Waals surface area contributed by atoms with Gasteiger partial charge in [-0.2, -0.15) is 0 Å². The molecule has 1 heterocycles. The van der Waals surface area contributed by atoms with Gasteiger partial charge < -0.3 is 20.1 Å². The monoisotopic (exact) mass is 363 g/mol. The van der Waals surface area contributed by atoms with Crippen molar-refractivity contribution in [3.8, 4) is 0 Å². The average molecular weight is 363 g/mol. The Labute approximate surface area is 150 Å². The summed E-state index contributed by atoms with van der Waals surface area (Å²) in [6.07, 6.45) is 0.0261. The highest BCUT2D eigenvalue weighted by Gasteiger charge is 2.32. The first-order valence-electron chi connectivity index (χ1n) is 8.11. The molecule has 0 saturated heterocycles. The number of non-ortho nitro benzene ring substituents is 1. The standard InChI is InChI=1S/C17H21N3O6/c1-10(2)25-8-9-26-16(21)14-11(3)18-17(22)19-15(14)12-4-6-13(7-5-12)20(23)24/h4-7,10,15H,8-9H2,1-3H3,(H2,18,19,22)/t15-/m1/s1. The number of urea groups is 1. The van der Waals surface area contributed by atoms with Crippen LogP contribution in [0.1, 0.15) is 32.4 Å². The molecule has 0 aliphatic carbocycles. The van der Waals surface area contributed by atoms with Crippen LogP contribution in [-0.4, -0.2) is 36.2 Å². The van der Waals surface area contributed by atoms with Gasteiger partial charge in [0.1, 0.15) is 6.61 Å². The topological polar surface area (TPSA) is 120 Å². The van der Waals surface area contributed by atoms with Crippen molar-refractivity contribution in [1.29, 1.82) is 0 Å². The second-order valence-electron chi connectivity index (χ2n) is 5.97. The number of allylic oxidation sites excluding steroid dienone is 1. The maximum Gasteiger partial charge on any atom is 0.338 e. The highest BCUT2D eigenvalue weighted by molar-refractivity contribution is 5.95. The van der Waals surface area contributed by atoms with Crippen LogP contribution in [0.15, 0.2) is 35.5 Å². The average Bonchev–Trinajstić information content (AvgIpc) is 2.57. The largest absolute Gasteiger partial charge is 0.460 e. The zero-order valence-electron chi connectivity index (χ0n) is 14.8. The molecule has 2 rings (SSSR count). The van der Waals surface area contributed by atoms with Gasteiger partial charge in [0.2, 0.25) is 0 Å². The van der Waals surface area contributed by atoms with Crippen LogP contribution >= 0.6 is 0 Å². The fourth-order valence-corrected chi connectivity index (χ4v) is 2.50. The first-order valence-corrected chi connectivity index (χ1v) is 8.11. The summed E-state index contributed by atoms with van der Waals surface area (Å²) in [4.78, 5) is 34.6. The van der Waals surface area contributed by atoms with Crippen LogP contribution in [0.3, 0.4) is 0 Å². The molecule has 140 valence electrons. The Hall–Kier alpha value is -2.94. The number of carbonyl (C=O) groups excluding carboxylic acids is 2. The lowest BCUT2D eigenvalue weighted by Crippen LogP contribution is -2.45. The van der Waals surface area contributed by atoms with E-state index in [0.29, 0.717) is 11.3 Å². The molecular formula is C17H21N3O6. The van der Waals surface area contributed by atoms with Crippen molar-refractivity contribution in [1.82, 2.24) is 10.6 Å². The van der Waals surface area contributed by atoms with Crippen molar-refractivity contribution in [2.24, 2.45) is 0 Å². The number of nitro groups is 1. The number of esters is 1. The minimum absolute atomic E-state index is 0.0261. The van der Waals surface area contributed by atoms with Gasteiger partial charge in [0.05, 0.1) is 29.2 Å². The van der Waals surface area contributed by atoms with E-state index in [4.69, 9.17) is 9.47 Å². The number of hydrogen-bond acceptors (Lipinski definition) is 6. The number of carbonyl (C=O) groups is 2. The first-order chi connectivity index (χ1) is 12.3. The number of nitrogens with one attached hydrogen (secondary N) is 2. The van der Waals surface area contributed by atoms with Gasteiger partial charge >= 0.3 is 12.0 Å². The zero-order chi connectivity index (χ0) is 19.3. The van der Waals surface area contributed by atoms with E-state index < -0.39 is 23.0 Å². The Balaban J connectivity index is 2.19. The van der Waals surface area contributed by atoms with Gasteiger partial charge in [0, 0.05) is 17.8 Å². The van der Waals surface area contributed by atoms with E-state index in [9.17, 15) is 19.7 Å². The fourth-order valence-electron chi connectivity index (χ4n) is 2.50. The molecule has 2 N–H and O–H groups in total. The van der Waals surface area contributed by atoms with Crippen molar-refractivity contribution in [3.05, 3.63) is 51.2 Å². The summed E-state index contributed by atoms with van der Waals surface area (Å²) in [5.74, 6) is -0.592. The van der Waals surface area contributed by atoms with Crippen molar-refractivity contribution in [2.45, 2.75) is 32.9 Å². The third-order valence-electron chi connectivity index (χ3n) is 3.69. The fraction of sp³-hybridized carbons (Fsp3) is 0.412. The number of ether oxygens (including phenoxy) is 2. The molecule has 1 aromatic carbocycles. The van der Waals surface area contributed by atoms with Gasteiger partial charge in [-0.3, -0.25) is 10.1 Å². The molecule has 1 aliphatic heterocycles.